The summed E-state index contributed by atoms with van der Waals surface area (Å²) in [7, 11) is 1.50. The number of nitrogens with one attached hydrogen (secondary N) is 1. The molecule has 0 aliphatic carbocycles. The van der Waals surface area contributed by atoms with Crippen molar-refractivity contribution in [3.63, 3.8) is 0 Å². The number of alkyl halides is 3. The average Bonchev–Trinajstić information content (AvgIpc) is 3.43. The molecule has 5 heterocycles. The Bertz CT molecular complexity index is 1390. The van der Waals surface area contributed by atoms with E-state index in [2.05, 4.69) is 30.6 Å². The zero-order valence-electron chi connectivity index (χ0n) is 19.5. The molecule has 2 aliphatic rings. The smallest absolute Gasteiger partial charge is 0.258 e. The summed E-state index contributed by atoms with van der Waals surface area (Å²) in [4.78, 5) is 6.64. The Morgan fingerprint density at radius 3 is 2.83 bits per heavy atom. The van der Waals surface area contributed by atoms with Gasteiger partial charge in [-0.25, -0.2) is 22.4 Å². The molecule has 3 aromatic heterocycles. The number of fused-ring (bicyclic) bond motifs is 2. The van der Waals surface area contributed by atoms with Crippen LogP contribution in [-0.4, -0.2) is 92.6 Å². The average molecular weight is 503 g/mol. The van der Waals surface area contributed by atoms with Crippen LogP contribution in [-0.2, 0) is 11.3 Å². The van der Waals surface area contributed by atoms with Crippen LogP contribution in [0.15, 0.2) is 30.5 Å². The molecule has 2 saturated heterocycles. The van der Waals surface area contributed by atoms with E-state index < -0.39 is 25.2 Å². The number of hydrogen-bond acceptors (Lipinski definition) is 8. The summed E-state index contributed by atoms with van der Waals surface area (Å²) in [6.45, 7) is 1.91. The maximum atomic E-state index is 14.9. The molecule has 2 fully saturated rings. The normalized spacial score (nSPS) is 21.4. The molecule has 0 bridgehead atoms. The molecule has 0 radical (unpaired) electrons. The highest BCUT2D eigenvalue weighted by Crippen LogP contribution is 2.33. The summed E-state index contributed by atoms with van der Waals surface area (Å²) >= 11 is 0. The van der Waals surface area contributed by atoms with Crippen molar-refractivity contribution < 1.29 is 22.6 Å². The first kappa shape index (κ1) is 23.0. The van der Waals surface area contributed by atoms with E-state index in [1.807, 2.05) is 12.1 Å². The van der Waals surface area contributed by atoms with Gasteiger partial charge in [0.2, 0.25) is 11.8 Å². The monoisotopic (exact) mass is 502 g/mol. The second-order valence-corrected chi connectivity index (χ2v) is 9.08. The number of piperidine rings is 1. The van der Waals surface area contributed by atoms with Crippen molar-refractivity contribution >= 4 is 22.5 Å². The van der Waals surface area contributed by atoms with Crippen molar-refractivity contribution in [1.29, 1.82) is 0 Å². The fourth-order valence-electron chi connectivity index (χ4n) is 4.85. The summed E-state index contributed by atoms with van der Waals surface area (Å²) in [5, 5.41) is 15.5. The van der Waals surface area contributed by atoms with Crippen molar-refractivity contribution in [1.82, 2.24) is 34.5 Å². The standard InChI is InChI=1S/C23H25F3N8O2/c1-35-22-21-15(13-2-3-18-19(8-13)34(31-29-18)10-20(25)26)4-7-33(21)30-23(28-22)27-17-5-6-32(9-16(17)24)14-11-36-12-14/h2-4,7-8,14,16-17,20H,5-6,9-12H2,1H3,(H,27,30)/t16-,17-/m1/s1. The first-order valence-electron chi connectivity index (χ1n) is 11.8. The highest BCUT2D eigenvalue weighted by Gasteiger charge is 2.35. The molecule has 0 spiro atoms. The Labute approximate surface area is 204 Å². The van der Waals surface area contributed by atoms with Gasteiger partial charge in [0.15, 0.2) is 0 Å². The summed E-state index contributed by atoms with van der Waals surface area (Å²) in [5.41, 5.74) is 3.13. The van der Waals surface area contributed by atoms with Gasteiger partial charge in [-0.2, -0.15) is 4.98 Å². The lowest BCUT2D eigenvalue weighted by molar-refractivity contribution is -0.0794. The van der Waals surface area contributed by atoms with Crippen LogP contribution in [0.3, 0.4) is 0 Å². The lowest BCUT2D eigenvalue weighted by Gasteiger charge is -2.42. The molecular formula is C23H25F3N8O2. The molecule has 10 nitrogen and oxygen atoms in total. The number of methoxy groups -OCH3 is 1. The highest BCUT2D eigenvalue weighted by atomic mass is 19.3. The van der Waals surface area contributed by atoms with Crippen molar-refractivity contribution in [2.75, 3.05) is 38.7 Å². The fourth-order valence-corrected chi connectivity index (χ4v) is 4.85. The van der Waals surface area contributed by atoms with Gasteiger partial charge in [-0.3, -0.25) is 4.90 Å². The lowest BCUT2D eigenvalue weighted by atomic mass is 10.0. The summed E-state index contributed by atoms with van der Waals surface area (Å²) < 4.78 is 54.4. The molecule has 4 aromatic rings. The second kappa shape index (κ2) is 9.21. The molecular weight excluding hydrogens is 477 g/mol. The maximum Gasteiger partial charge on any atom is 0.258 e. The Balaban J connectivity index is 1.28. The number of nitrogens with zero attached hydrogens (tertiary/aromatic N) is 7. The lowest BCUT2D eigenvalue weighted by Crippen LogP contribution is -2.57. The molecule has 0 saturated carbocycles. The number of likely N-dealkylation sites (tertiary alicyclic amines) is 1. The molecule has 36 heavy (non-hydrogen) atoms. The van der Waals surface area contributed by atoms with Crippen LogP contribution < -0.4 is 10.1 Å². The molecule has 0 amide bonds. The largest absolute Gasteiger partial charge is 0.479 e. The topological polar surface area (TPSA) is 94.6 Å². The molecule has 1 aromatic carbocycles. The third-order valence-corrected chi connectivity index (χ3v) is 6.83. The predicted octanol–water partition coefficient (Wildman–Crippen LogP) is 2.64. The van der Waals surface area contributed by atoms with E-state index in [-0.39, 0.29) is 5.95 Å². The third-order valence-electron chi connectivity index (χ3n) is 6.83. The number of halogens is 3. The predicted molar refractivity (Wildman–Crippen MR) is 125 cm³/mol. The second-order valence-electron chi connectivity index (χ2n) is 9.08. The van der Waals surface area contributed by atoms with Gasteiger partial charge >= 0.3 is 0 Å². The van der Waals surface area contributed by atoms with Crippen LogP contribution in [0.25, 0.3) is 27.7 Å². The van der Waals surface area contributed by atoms with Crippen molar-refractivity contribution in [3.05, 3.63) is 30.5 Å². The van der Waals surface area contributed by atoms with E-state index >= 15 is 0 Å². The zero-order chi connectivity index (χ0) is 24.8. The first-order chi connectivity index (χ1) is 17.5. The van der Waals surface area contributed by atoms with Gasteiger partial charge in [0.1, 0.15) is 23.7 Å². The molecule has 6 rings (SSSR count). The van der Waals surface area contributed by atoms with Crippen LogP contribution in [0.1, 0.15) is 6.42 Å². The molecule has 2 aliphatic heterocycles. The number of rotatable bonds is 7. The van der Waals surface area contributed by atoms with E-state index in [1.54, 1.807) is 22.8 Å². The van der Waals surface area contributed by atoms with Crippen LogP contribution >= 0.6 is 0 Å². The number of aromatic nitrogens is 6. The number of benzene rings is 1. The van der Waals surface area contributed by atoms with Gasteiger partial charge in [-0.15, -0.1) is 10.2 Å². The zero-order valence-corrected chi connectivity index (χ0v) is 19.5. The van der Waals surface area contributed by atoms with Crippen LogP contribution in [0.4, 0.5) is 19.1 Å². The van der Waals surface area contributed by atoms with Crippen LogP contribution in [0, 0.1) is 0 Å². The third kappa shape index (κ3) is 4.11. The molecule has 1 N–H and O–H groups in total. The van der Waals surface area contributed by atoms with Gasteiger partial charge in [0.05, 0.1) is 37.9 Å². The molecule has 190 valence electrons. The van der Waals surface area contributed by atoms with E-state index in [9.17, 15) is 13.2 Å². The van der Waals surface area contributed by atoms with Crippen LogP contribution in [0.5, 0.6) is 5.88 Å². The van der Waals surface area contributed by atoms with Gasteiger partial charge in [-0.05, 0) is 30.2 Å². The minimum atomic E-state index is -2.54. The SMILES string of the molecule is COc1nc(N[C@@H]2CCN(C3COC3)C[C@H]2F)nn2ccc(-c3ccc4nnn(CC(F)F)c4c3)c12. The molecule has 0 unspecified atom stereocenters. The maximum absolute atomic E-state index is 14.9. The molecule has 2 atom stereocenters. The Kier molecular flexibility index (Phi) is 5.88. The van der Waals surface area contributed by atoms with Crippen LogP contribution in [0.2, 0.25) is 0 Å². The minimum Gasteiger partial charge on any atom is -0.479 e. The summed E-state index contributed by atoms with van der Waals surface area (Å²) in [6.07, 6.45) is -1.23. The van der Waals surface area contributed by atoms with Gasteiger partial charge in [0, 0.05) is 24.8 Å². The van der Waals surface area contributed by atoms with Gasteiger partial charge in [0.25, 0.3) is 6.43 Å². The Morgan fingerprint density at radius 1 is 1.25 bits per heavy atom. The quantitative estimate of drug-likeness (QED) is 0.412. The van der Waals surface area contributed by atoms with E-state index in [0.29, 0.717) is 54.7 Å². The van der Waals surface area contributed by atoms with Gasteiger partial charge in [-0.1, -0.05) is 11.3 Å². The molecule has 13 heteroatoms. The number of anilines is 1. The highest BCUT2D eigenvalue weighted by molar-refractivity contribution is 5.89. The first-order valence-corrected chi connectivity index (χ1v) is 11.8. The van der Waals surface area contributed by atoms with Crippen molar-refractivity contribution in [2.24, 2.45) is 0 Å². The van der Waals surface area contributed by atoms with Gasteiger partial charge < -0.3 is 14.8 Å². The van der Waals surface area contributed by atoms with E-state index in [4.69, 9.17) is 9.47 Å². The summed E-state index contributed by atoms with van der Waals surface area (Å²) in [5.74, 6) is 0.579. The van der Waals surface area contributed by atoms with Crippen molar-refractivity contribution in [2.45, 2.75) is 37.6 Å². The number of ether oxygens (including phenoxy) is 2. The summed E-state index contributed by atoms with van der Waals surface area (Å²) in [6, 6.07) is 7.06. The minimum absolute atomic E-state index is 0.268. The fraction of sp³-hybridized carbons (Fsp3) is 0.478. The van der Waals surface area contributed by atoms with E-state index in [1.165, 1.54) is 11.8 Å². The Hall–Kier alpha value is -3.45. The van der Waals surface area contributed by atoms with E-state index in [0.717, 1.165) is 17.7 Å². The number of hydrogen-bond donors (Lipinski definition) is 1. The van der Waals surface area contributed by atoms with Crippen molar-refractivity contribution in [3.8, 4) is 17.0 Å². The Morgan fingerprint density at radius 2 is 2.11 bits per heavy atom.